The molecule has 78 valence electrons. The van der Waals surface area contributed by atoms with Gasteiger partial charge in [0.1, 0.15) is 0 Å². The molecule has 0 aliphatic carbocycles. The lowest BCUT2D eigenvalue weighted by Gasteiger charge is -2.13. The summed E-state index contributed by atoms with van der Waals surface area (Å²) in [6.07, 6.45) is 0. The second-order valence-electron chi connectivity index (χ2n) is 3.24. The van der Waals surface area contributed by atoms with E-state index in [-0.39, 0.29) is 12.6 Å². The number of rotatable bonds is 5. The number of hydrogen-bond acceptors (Lipinski definition) is 3. The highest BCUT2D eigenvalue weighted by molar-refractivity contribution is 7.99. The second-order valence-corrected chi connectivity index (χ2v) is 4.31. The summed E-state index contributed by atoms with van der Waals surface area (Å²) >= 11 is 1.78. The molecule has 0 aliphatic rings. The summed E-state index contributed by atoms with van der Waals surface area (Å²) in [5.41, 5.74) is 1.30. The molecule has 0 aromatic heterocycles. The van der Waals surface area contributed by atoms with Crippen molar-refractivity contribution in [3.63, 3.8) is 0 Å². The van der Waals surface area contributed by atoms with Gasteiger partial charge >= 0.3 is 0 Å². The topological polar surface area (TPSA) is 32.3 Å². The fourth-order valence-electron chi connectivity index (χ4n) is 1.14. The van der Waals surface area contributed by atoms with Gasteiger partial charge in [0.15, 0.2) is 0 Å². The van der Waals surface area contributed by atoms with E-state index in [1.807, 2.05) is 19.2 Å². The largest absolute Gasteiger partial charge is 0.395 e. The molecule has 0 fully saturated rings. The second kappa shape index (κ2) is 6.06. The molecule has 0 aliphatic heterocycles. The Hall–Kier alpha value is -0.510. The van der Waals surface area contributed by atoms with Gasteiger partial charge < -0.3 is 10.4 Å². The quantitative estimate of drug-likeness (QED) is 0.727. The normalized spacial score (nSPS) is 12.8. The van der Waals surface area contributed by atoms with Crippen LogP contribution in [0.2, 0.25) is 0 Å². The molecule has 1 unspecified atom stereocenters. The molecule has 3 heteroatoms. The molecule has 1 aromatic carbocycles. The van der Waals surface area contributed by atoms with Crippen LogP contribution in [0.5, 0.6) is 0 Å². The molecule has 0 heterocycles. The molecule has 2 N–H and O–H groups in total. The van der Waals surface area contributed by atoms with Crippen LogP contribution in [0.1, 0.15) is 5.56 Å². The minimum absolute atomic E-state index is 0.180. The highest BCUT2D eigenvalue weighted by atomic mass is 32.2. The monoisotopic (exact) mass is 211 g/mol. The van der Waals surface area contributed by atoms with Gasteiger partial charge in [-0.15, -0.1) is 11.8 Å². The minimum atomic E-state index is 0.180. The molecule has 1 aromatic rings. The minimum Gasteiger partial charge on any atom is -0.395 e. The maximum absolute atomic E-state index is 9.00. The summed E-state index contributed by atoms with van der Waals surface area (Å²) in [5, 5.41) is 12.1. The standard InChI is InChI=1S/C11H17NOS/c1-9-5-3-4-6-11(9)14-8-10(7-13)12-2/h3-6,10,12-13H,7-8H2,1-2H3. The van der Waals surface area contributed by atoms with Crippen molar-refractivity contribution in [1.29, 1.82) is 0 Å². The van der Waals surface area contributed by atoms with Crippen molar-refractivity contribution < 1.29 is 5.11 Å². The molecule has 0 saturated carbocycles. The van der Waals surface area contributed by atoms with Gasteiger partial charge in [0.2, 0.25) is 0 Å². The predicted molar refractivity (Wildman–Crippen MR) is 61.8 cm³/mol. The Morgan fingerprint density at radius 2 is 2.14 bits per heavy atom. The number of aliphatic hydroxyl groups is 1. The van der Waals surface area contributed by atoms with Crippen LogP contribution in [0.15, 0.2) is 29.2 Å². The number of nitrogens with one attached hydrogen (secondary N) is 1. The van der Waals surface area contributed by atoms with Crippen LogP contribution in [-0.2, 0) is 0 Å². The Morgan fingerprint density at radius 3 is 2.71 bits per heavy atom. The fraction of sp³-hybridized carbons (Fsp3) is 0.455. The Kier molecular flexibility index (Phi) is 5.01. The Bertz CT molecular complexity index is 274. The van der Waals surface area contributed by atoms with Gasteiger partial charge in [-0.1, -0.05) is 18.2 Å². The lowest BCUT2D eigenvalue weighted by Crippen LogP contribution is -2.31. The van der Waals surface area contributed by atoms with Crippen molar-refractivity contribution in [3.8, 4) is 0 Å². The molecule has 1 rings (SSSR count). The lowest BCUT2D eigenvalue weighted by molar-refractivity contribution is 0.260. The molecule has 0 saturated heterocycles. The van der Waals surface area contributed by atoms with Gasteiger partial charge in [-0.25, -0.2) is 0 Å². The van der Waals surface area contributed by atoms with Gasteiger partial charge in [0.25, 0.3) is 0 Å². The lowest BCUT2D eigenvalue weighted by atomic mass is 10.2. The summed E-state index contributed by atoms with van der Waals surface area (Å²) in [6, 6.07) is 8.49. The first-order valence-corrected chi connectivity index (χ1v) is 5.73. The van der Waals surface area contributed by atoms with E-state index >= 15 is 0 Å². The molecule has 0 spiro atoms. The van der Waals surface area contributed by atoms with Crippen LogP contribution in [0, 0.1) is 6.92 Å². The van der Waals surface area contributed by atoms with Gasteiger partial charge in [0, 0.05) is 16.7 Å². The molecule has 0 amide bonds. The summed E-state index contributed by atoms with van der Waals surface area (Å²) < 4.78 is 0. The third kappa shape index (κ3) is 3.33. The van der Waals surface area contributed by atoms with E-state index in [9.17, 15) is 0 Å². The molecule has 1 atom stereocenters. The van der Waals surface area contributed by atoms with Crippen LogP contribution < -0.4 is 5.32 Å². The number of likely N-dealkylation sites (N-methyl/N-ethyl adjacent to an activating group) is 1. The van der Waals surface area contributed by atoms with Gasteiger partial charge in [-0.2, -0.15) is 0 Å². The maximum atomic E-state index is 9.00. The van der Waals surface area contributed by atoms with Gasteiger partial charge in [-0.05, 0) is 25.6 Å². The Labute approximate surface area is 89.7 Å². The van der Waals surface area contributed by atoms with Gasteiger partial charge in [0.05, 0.1) is 6.61 Å². The molecule has 2 nitrogen and oxygen atoms in total. The maximum Gasteiger partial charge on any atom is 0.0592 e. The zero-order valence-electron chi connectivity index (χ0n) is 8.66. The summed E-state index contributed by atoms with van der Waals surface area (Å²) in [5.74, 6) is 0.901. The summed E-state index contributed by atoms with van der Waals surface area (Å²) in [4.78, 5) is 1.29. The van der Waals surface area contributed by atoms with Crippen LogP contribution in [0.25, 0.3) is 0 Å². The SMILES string of the molecule is CNC(CO)CSc1ccccc1C. The zero-order chi connectivity index (χ0) is 10.4. The van der Waals surface area contributed by atoms with Crippen LogP contribution in [0.3, 0.4) is 0 Å². The van der Waals surface area contributed by atoms with Crippen molar-refractivity contribution in [2.45, 2.75) is 17.9 Å². The number of benzene rings is 1. The van der Waals surface area contributed by atoms with Crippen molar-refractivity contribution in [2.75, 3.05) is 19.4 Å². The van der Waals surface area contributed by atoms with E-state index in [1.54, 1.807) is 11.8 Å². The van der Waals surface area contributed by atoms with Crippen LogP contribution in [-0.4, -0.2) is 30.6 Å². The van der Waals surface area contributed by atoms with E-state index in [1.165, 1.54) is 10.5 Å². The smallest absolute Gasteiger partial charge is 0.0592 e. The third-order valence-electron chi connectivity index (χ3n) is 2.16. The Balaban J connectivity index is 2.49. The average Bonchev–Trinajstić information content (AvgIpc) is 2.22. The van der Waals surface area contributed by atoms with E-state index in [0.717, 1.165) is 5.75 Å². The number of thioether (sulfide) groups is 1. The first kappa shape index (κ1) is 11.6. The molecule has 0 radical (unpaired) electrons. The molecular weight excluding hydrogens is 194 g/mol. The van der Waals surface area contributed by atoms with Crippen LogP contribution >= 0.6 is 11.8 Å². The van der Waals surface area contributed by atoms with Crippen molar-refractivity contribution in [1.82, 2.24) is 5.32 Å². The first-order chi connectivity index (χ1) is 6.77. The van der Waals surface area contributed by atoms with Crippen LogP contribution in [0.4, 0.5) is 0 Å². The average molecular weight is 211 g/mol. The predicted octanol–water partition coefficient (Wildman–Crippen LogP) is 1.67. The van der Waals surface area contributed by atoms with Crippen molar-refractivity contribution in [3.05, 3.63) is 29.8 Å². The number of aliphatic hydroxyl groups excluding tert-OH is 1. The molecular formula is C11H17NOS. The highest BCUT2D eigenvalue weighted by Gasteiger charge is 2.05. The zero-order valence-corrected chi connectivity index (χ0v) is 9.47. The molecule has 14 heavy (non-hydrogen) atoms. The number of hydrogen-bond donors (Lipinski definition) is 2. The van der Waals surface area contributed by atoms with E-state index in [4.69, 9.17) is 5.11 Å². The highest BCUT2D eigenvalue weighted by Crippen LogP contribution is 2.22. The van der Waals surface area contributed by atoms with E-state index in [0.29, 0.717) is 0 Å². The van der Waals surface area contributed by atoms with Crippen molar-refractivity contribution in [2.24, 2.45) is 0 Å². The number of aryl methyl sites for hydroxylation is 1. The van der Waals surface area contributed by atoms with E-state index in [2.05, 4.69) is 24.4 Å². The summed E-state index contributed by atoms with van der Waals surface area (Å²) in [7, 11) is 1.87. The van der Waals surface area contributed by atoms with Gasteiger partial charge in [-0.3, -0.25) is 0 Å². The third-order valence-corrected chi connectivity index (χ3v) is 3.50. The van der Waals surface area contributed by atoms with E-state index < -0.39 is 0 Å². The van der Waals surface area contributed by atoms with Crippen molar-refractivity contribution >= 4 is 11.8 Å². The fourth-order valence-corrected chi connectivity index (χ4v) is 2.26. The molecule has 0 bridgehead atoms. The Morgan fingerprint density at radius 1 is 1.43 bits per heavy atom. The first-order valence-electron chi connectivity index (χ1n) is 4.74. The summed E-state index contributed by atoms with van der Waals surface area (Å²) in [6.45, 7) is 2.30.